The Morgan fingerprint density at radius 3 is 1.83 bits per heavy atom. The normalized spacial score (nSPS) is 12.2. The van der Waals surface area contributed by atoms with Crippen LogP contribution in [0.1, 0.15) is 0 Å². The summed E-state index contributed by atoms with van der Waals surface area (Å²) in [6.45, 7) is 0. The summed E-state index contributed by atoms with van der Waals surface area (Å²) in [5.74, 6) is 1.77. The number of hydrogen-bond donors (Lipinski definition) is 1. The van der Waals surface area contributed by atoms with Crippen LogP contribution in [0, 0.1) is 0 Å². The van der Waals surface area contributed by atoms with E-state index in [1.807, 2.05) is 72.8 Å². The Morgan fingerprint density at radius 2 is 1.09 bits per heavy atom. The van der Waals surface area contributed by atoms with Gasteiger partial charge in [-0.05, 0) is 58.3 Å². The minimum atomic E-state index is 0.548. The van der Waals surface area contributed by atoms with Gasteiger partial charge >= 0.3 is 0 Å². The predicted octanol–water partition coefficient (Wildman–Crippen LogP) is 13.9. The number of aromatic nitrogens is 5. The van der Waals surface area contributed by atoms with Gasteiger partial charge in [0.15, 0.2) is 11.6 Å². The second kappa shape index (κ2) is 11.7. The van der Waals surface area contributed by atoms with Crippen LogP contribution in [-0.2, 0) is 0 Å². The topological polar surface area (TPSA) is 72.5 Å². The fourth-order valence-corrected chi connectivity index (χ4v) is 9.58. The average molecular weight is 762 g/mol. The zero-order chi connectivity index (χ0) is 38.1. The predicted molar refractivity (Wildman–Crippen MR) is 238 cm³/mol. The molecule has 0 bridgehead atoms. The lowest BCUT2D eigenvalue weighted by molar-refractivity contribution is 0.669. The molecule has 0 saturated heterocycles. The average Bonchev–Trinajstić information content (AvgIpc) is 3.96. The van der Waals surface area contributed by atoms with Gasteiger partial charge in [0.05, 0.1) is 16.6 Å². The molecule has 4 heterocycles. The van der Waals surface area contributed by atoms with Crippen molar-refractivity contribution in [3.05, 3.63) is 169 Å². The van der Waals surface area contributed by atoms with Crippen molar-refractivity contribution in [1.29, 1.82) is 0 Å². The molecule has 270 valence electrons. The van der Waals surface area contributed by atoms with Crippen LogP contribution in [0.2, 0.25) is 5.02 Å². The Hall–Kier alpha value is -7.54. The van der Waals surface area contributed by atoms with Gasteiger partial charge in [0.25, 0.3) is 0 Å². The van der Waals surface area contributed by atoms with Gasteiger partial charge in [0, 0.05) is 64.8 Å². The summed E-state index contributed by atoms with van der Waals surface area (Å²) >= 11 is 6.94. The molecule has 0 aliphatic heterocycles. The van der Waals surface area contributed by atoms with E-state index in [1.54, 1.807) is 0 Å². The number of furan rings is 1. The van der Waals surface area contributed by atoms with E-state index in [-0.39, 0.29) is 0 Å². The molecule has 0 saturated carbocycles. The van der Waals surface area contributed by atoms with Gasteiger partial charge in [-0.25, -0.2) is 4.98 Å². The third-order valence-electron chi connectivity index (χ3n) is 11.8. The van der Waals surface area contributed by atoms with Gasteiger partial charge in [0.1, 0.15) is 11.2 Å². The van der Waals surface area contributed by atoms with Crippen molar-refractivity contribution in [3.63, 3.8) is 0 Å². The van der Waals surface area contributed by atoms with Crippen LogP contribution >= 0.6 is 11.6 Å². The third-order valence-corrected chi connectivity index (χ3v) is 12.1. The molecule has 0 fully saturated rings. The molecule has 9 aromatic carbocycles. The third kappa shape index (κ3) is 4.35. The first kappa shape index (κ1) is 31.6. The molecule has 7 heteroatoms. The molecule has 6 nitrogen and oxygen atoms in total. The fraction of sp³-hybridized carbons (Fsp3) is 0. The van der Waals surface area contributed by atoms with Gasteiger partial charge in [-0.2, -0.15) is 9.97 Å². The van der Waals surface area contributed by atoms with Crippen molar-refractivity contribution >= 4 is 98.7 Å². The number of para-hydroxylation sites is 1. The van der Waals surface area contributed by atoms with Gasteiger partial charge in [-0.15, -0.1) is 0 Å². The number of hydrogen-bond acceptors (Lipinski definition) is 4. The molecule has 1 N–H and O–H groups in total. The zero-order valence-corrected chi connectivity index (χ0v) is 31.4. The summed E-state index contributed by atoms with van der Waals surface area (Å²) in [7, 11) is 0. The fourth-order valence-electron chi connectivity index (χ4n) is 9.32. The highest BCUT2D eigenvalue weighted by atomic mass is 35.5. The monoisotopic (exact) mass is 761 g/mol. The molecule has 0 aliphatic rings. The number of rotatable bonds is 4. The Labute approximate surface area is 334 Å². The van der Waals surface area contributed by atoms with Crippen LogP contribution in [0.25, 0.3) is 127 Å². The zero-order valence-electron chi connectivity index (χ0n) is 30.7. The number of H-pyrrole nitrogens is 1. The van der Waals surface area contributed by atoms with E-state index in [1.165, 1.54) is 5.39 Å². The molecular formula is C51H28ClN5O. The number of aromatic amines is 1. The van der Waals surface area contributed by atoms with E-state index in [0.29, 0.717) is 17.6 Å². The summed E-state index contributed by atoms with van der Waals surface area (Å²) in [6.07, 6.45) is 0. The van der Waals surface area contributed by atoms with Gasteiger partial charge in [0.2, 0.25) is 5.95 Å². The summed E-state index contributed by atoms with van der Waals surface area (Å²) in [5.41, 5.74) is 9.85. The molecule has 13 aromatic rings. The van der Waals surface area contributed by atoms with Gasteiger partial charge in [-0.1, -0.05) is 139 Å². The summed E-state index contributed by atoms with van der Waals surface area (Å²) in [5, 5.41) is 11.8. The molecule has 0 atom stereocenters. The Kier molecular flexibility index (Phi) is 6.41. The van der Waals surface area contributed by atoms with E-state index in [0.717, 1.165) is 109 Å². The van der Waals surface area contributed by atoms with Crippen molar-refractivity contribution in [1.82, 2.24) is 24.5 Å². The van der Waals surface area contributed by atoms with Crippen molar-refractivity contribution in [2.24, 2.45) is 0 Å². The van der Waals surface area contributed by atoms with Crippen LogP contribution in [0.15, 0.2) is 168 Å². The Balaban J connectivity index is 1.15. The lowest BCUT2D eigenvalue weighted by Crippen LogP contribution is -2.06. The smallest absolute Gasteiger partial charge is 0.238 e. The highest BCUT2D eigenvalue weighted by Crippen LogP contribution is 2.49. The molecular weight excluding hydrogens is 734 g/mol. The van der Waals surface area contributed by atoms with E-state index in [9.17, 15) is 0 Å². The minimum absolute atomic E-state index is 0.548. The number of benzene rings is 9. The molecule has 0 unspecified atom stereocenters. The molecule has 4 aromatic heterocycles. The quantitative estimate of drug-likeness (QED) is 0.181. The SMILES string of the molecule is Clc1ccc2oc3ccc(-c4ccc5c(c4)c4ccc6c7ccccc7[nH]c6c4n5-c4nc(-c5ccccc5)nc(-c5ccccc5)n4)c4c5ccccc5c1c2c34. The molecule has 58 heavy (non-hydrogen) atoms. The lowest BCUT2D eigenvalue weighted by Gasteiger charge is -2.14. The van der Waals surface area contributed by atoms with Crippen LogP contribution < -0.4 is 0 Å². The second-order valence-electron chi connectivity index (χ2n) is 14.9. The minimum Gasteiger partial charge on any atom is -0.456 e. The molecule has 0 spiro atoms. The van der Waals surface area contributed by atoms with E-state index >= 15 is 0 Å². The Morgan fingerprint density at radius 1 is 0.466 bits per heavy atom. The van der Waals surface area contributed by atoms with Crippen molar-refractivity contribution in [3.8, 4) is 39.9 Å². The van der Waals surface area contributed by atoms with Crippen LogP contribution in [0.3, 0.4) is 0 Å². The maximum Gasteiger partial charge on any atom is 0.238 e. The molecule has 0 amide bonds. The molecule has 13 rings (SSSR count). The van der Waals surface area contributed by atoms with Crippen molar-refractivity contribution in [2.75, 3.05) is 0 Å². The molecule has 0 radical (unpaired) electrons. The summed E-state index contributed by atoms with van der Waals surface area (Å²) in [6, 6.07) is 56.8. The van der Waals surface area contributed by atoms with E-state index < -0.39 is 0 Å². The van der Waals surface area contributed by atoms with E-state index in [2.05, 4.69) is 101 Å². The van der Waals surface area contributed by atoms with Gasteiger partial charge < -0.3 is 9.40 Å². The lowest BCUT2D eigenvalue weighted by atomic mass is 9.89. The maximum absolute atomic E-state index is 6.94. The van der Waals surface area contributed by atoms with Gasteiger partial charge in [-0.3, -0.25) is 4.57 Å². The first-order valence-corrected chi connectivity index (χ1v) is 19.7. The van der Waals surface area contributed by atoms with E-state index in [4.69, 9.17) is 31.0 Å². The van der Waals surface area contributed by atoms with Crippen LogP contribution in [0.5, 0.6) is 0 Å². The maximum atomic E-state index is 6.94. The standard InChI is InChI=1S/C51H28ClN5O/c52-38-23-26-42-46-44(38)34-17-8-7-16-33(34)43-31(22-25-41(58-42)45(43)46)30-19-24-40-37(27-30)36-21-20-35-32-15-9-10-18-39(32)53-47(35)48(36)57(40)51-55-49(28-11-3-1-4-12-28)54-50(56-51)29-13-5-2-6-14-29/h1-27,53H. The highest BCUT2D eigenvalue weighted by molar-refractivity contribution is 6.44. The first-order chi connectivity index (χ1) is 28.7. The summed E-state index contributed by atoms with van der Waals surface area (Å²) < 4.78 is 8.69. The van der Waals surface area contributed by atoms with Crippen LogP contribution in [0.4, 0.5) is 0 Å². The second-order valence-corrected chi connectivity index (χ2v) is 15.3. The highest BCUT2D eigenvalue weighted by Gasteiger charge is 2.24. The summed E-state index contributed by atoms with van der Waals surface area (Å²) in [4.78, 5) is 19.3. The largest absolute Gasteiger partial charge is 0.456 e. The van der Waals surface area contributed by atoms with Crippen molar-refractivity contribution < 1.29 is 4.42 Å². The number of nitrogens with one attached hydrogen (secondary N) is 1. The number of halogens is 1. The number of fused-ring (bicyclic) bond motifs is 10. The Bertz CT molecular complexity index is 3750. The number of nitrogens with zero attached hydrogens (tertiary/aromatic N) is 4. The first-order valence-electron chi connectivity index (χ1n) is 19.3. The molecule has 0 aliphatic carbocycles. The van der Waals surface area contributed by atoms with Crippen molar-refractivity contribution in [2.45, 2.75) is 0 Å². The van der Waals surface area contributed by atoms with Crippen LogP contribution in [-0.4, -0.2) is 24.5 Å².